The molecule has 0 spiro atoms. The number of nitrogens with zero attached hydrogens (tertiary/aromatic N) is 6. The van der Waals surface area contributed by atoms with Crippen molar-refractivity contribution in [2.45, 2.75) is 32.5 Å². The van der Waals surface area contributed by atoms with Gasteiger partial charge in [-0.1, -0.05) is 30.3 Å². The third kappa shape index (κ3) is 3.38. The van der Waals surface area contributed by atoms with Crippen molar-refractivity contribution in [1.82, 2.24) is 29.6 Å². The van der Waals surface area contributed by atoms with E-state index >= 15 is 0 Å². The van der Waals surface area contributed by atoms with Crippen LogP contribution in [0, 0.1) is 6.92 Å². The molecular weight excluding hydrogens is 358 g/mol. The Morgan fingerprint density at radius 1 is 1.21 bits per heavy atom. The molecule has 1 aliphatic rings. The van der Waals surface area contributed by atoms with Crippen molar-refractivity contribution in [3.8, 4) is 0 Å². The monoisotopic (exact) mass is 379 g/mol. The lowest BCUT2D eigenvalue weighted by Gasteiger charge is -2.20. The third-order valence-electron chi connectivity index (χ3n) is 4.82. The first-order valence-electron chi connectivity index (χ1n) is 9.06. The highest BCUT2D eigenvalue weighted by atomic mass is 16.2. The van der Waals surface area contributed by atoms with Crippen LogP contribution in [0.1, 0.15) is 28.3 Å². The third-order valence-corrected chi connectivity index (χ3v) is 4.82. The Labute approximate surface area is 162 Å². The van der Waals surface area contributed by atoms with Crippen molar-refractivity contribution in [1.29, 1.82) is 0 Å². The summed E-state index contributed by atoms with van der Waals surface area (Å²) in [5.74, 6) is 0.166. The molecule has 9 heteroatoms. The van der Waals surface area contributed by atoms with Gasteiger partial charge in [-0.05, 0) is 18.9 Å². The molecule has 4 rings (SSSR count). The molecule has 0 saturated carbocycles. The van der Waals surface area contributed by atoms with E-state index in [-0.39, 0.29) is 11.7 Å². The molecule has 0 fully saturated rings. The van der Waals surface area contributed by atoms with E-state index in [4.69, 9.17) is 0 Å². The summed E-state index contributed by atoms with van der Waals surface area (Å²) in [7, 11) is 1.69. The maximum absolute atomic E-state index is 12.8. The zero-order valence-electron chi connectivity index (χ0n) is 15.7. The summed E-state index contributed by atoms with van der Waals surface area (Å²) in [4.78, 5) is 35.3. The number of anilines is 1. The maximum atomic E-state index is 12.8. The second kappa shape index (κ2) is 7.26. The smallest absolute Gasteiger partial charge is 0.291 e. The van der Waals surface area contributed by atoms with Crippen LogP contribution in [0.2, 0.25) is 0 Å². The number of benzene rings is 1. The van der Waals surface area contributed by atoms with E-state index in [2.05, 4.69) is 20.4 Å². The molecule has 1 aliphatic heterocycles. The molecule has 2 aromatic heterocycles. The van der Waals surface area contributed by atoms with Gasteiger partial charge in [0.05, 0.1) is 18.6 Å². The first kappa shape index (κ1) is 17.9. The molecular formula is C19H21N7O2. The van der Waals surface area contributed by atoms with Gasteiger partial charge in [0.2, 0.25) is 5.82 Å². The zero-order valence-corrected chi connectivity index (χ0v) is 15.7. The van der Waals surface area contributed by atoms with Crippen LogP contribution in [0.15, 0.2) is 43.0 Å². The second-order valence-electron chi connectivity index (χ2n) is 6.81. The van der Waals surface area contributed by atoms with Crippen LogP contribution in [0.25, 0.3) is 0 Å². The average molecular weight is 379 g/mol. The molecule has 1 N–H and O–H groups in total. The van der Waals surface area contributed by atoms with Gasteiger partial charge in [-0.15, -0.1) is 5.10 Å². The maximum Gasteiger partial charge on any atom is 0.291 e. The number of amides is 2. The molecule has 1 atom stereocenters. The van der Waals surface area contributed by atoms with Gasteiger partial charge in [-0.3, -0.25) is 14.5 Å². The quantitative estimate of drug-likeness (QED) is 0.729. The number of likely N-dealkylation sites (N-methyl/N-ethyl adjacent to an activating group) is 1. The Balaban J connectivity index is 1.45. The van der Waals surface area contributed by atoms with Crippen LogP contribution in [0.4, 0.5) is 5.82 Å². The van der Waals surface area contributed by atoms with Gasteiger partial charge in [0.1, 0.15) is 18.2 Å². The largest absolute Gasteiger partial charge is 0.337 e. The molecule has 9 nitrogen and oxygen atoms in total. The number of nitrogens with one attached hydrogen (secondary N) is 1. The summed E-state index contributed by atoms with van der Waals surface area (Å²) in [6.45, 7) is 2.97. The first-order chi connectivity index (χ1) is 13.5. The Kier molecular flexibility index (Phi) is 4.64. The zero-order chi connectivity index (χ0) is 19.7. The lowest BCUT2D eigenvalue weighted by atomic mass is 10.2. The minimum atomic E-state index is -0.641. The van der Waals surface area contributed by atoms with Crippen molar-refractivity contribution in [2.75, 3.05) is 11.9 Å². The van der Waals surface area contributed by atoms with Gasteiger partial charge in [0, 0.05) is 13.6 Å². The van der Waals surface area contributed by atoms with E-state index < -0.39 is 11.9 Å². The second-order valence-corrected chi connectivity index (χ2v) is 6.81. The van der Waals surface area contributed by atoms with E-state index in [1.165, 1.54) is 6.33 Å². The van der Waals surface area contributed by atoms with Crippen molar-refractivity contribution >= 4 is 17.6 Å². The molecule has 1 aromatic carbocycles. The van der Waals surface area contributed by atoms with E-state index in [1.807, 2.05) is 41.8 Å². The van der Waals surface area contributed by atoms with Crippen molar-refractivity contribution < 1.29 is 9.59 Å². The molecule has 0 radical (unpaired) electrons. The number of fused-ring (bicyclic) bond motifs is 1. The van der Waals surface area contributed by atoms with Gasteiger partial charge >= 0.3 is 0 Å². The predicted molar refractivity (Wildman–Crippen MR) is 102 cm³/mol. The summed E-state index contributed by atoms with van der Waals surface area (Å²) >= 11 is 0. The minimum absolute atomic E-state index is 0.0492. The summed E-state index contributed by atoms with van der Waals surface area (Å²) < 4.78 is 3.53. The summed E-state index contributed by atoms with van der Waals surface area (Å²) in [5, 5.41) is 7.01. The molecule has 0 bridgehead atoms. The van der Waals surface area contributed by atoms with Gasteiger partial charge in [0.25, 0.3) is 11.8 Å². The summed E-state index contributed by atoms with van der Waals surface area (Å²) in [5.41, 5.74) is 1.84. The highest BCUT2D eigenvalue weighted by Gasteiger charge is 2.31. The number of hydrogen-bond acceptors (Lipinski definition) is 5. The standard InChI is InChI=1S/C19H21N7O2/c1-13-18-24(2)19(28)15(8-9-25(18)11-20-13)22-17(27)16-21-12-26(23-16)10-14-6-4-3-5-7-14/h3-7,11-12,15H,8-10H2,1-2H3,(H,22,27). The fourth-order valence-electron chi connectivity index (χ4n) is 3.41. The number of aromatic nitrogens is 5. The highest BCUT2D eigenvalue weighted by Crippen LogP contribution is 2.23. The van der Waals surface area contributed by atoms with Crippen molar-refractivity contribution in [2.24, 2.45) is 0 Å². The Bertz CT molecular complexity index is 1010. The fourth-order valence-corrected chi connectivity index (χ4v) is 3.41. The highest BCUT2D eigenvalue weighted by molar-refractivity contribution is 6.01. The Morgan fingerprint density at radius 2 is 2.00 bits per heavy atom. The molecule has 144 valence electrons. The Morgan fingerprint density at radius 3 is 2.79 bits per heavy atom. The van der Waals surface area contributed by atoms with Gasteiger partial charge < -0.3 is 9.88 Å². The van der Waals surface area contributed by atoms with Crippen LogP contribution in [0.3, 0.4) is 0 Å². The van der Waals surface area contributed by atoms with E-state index in [0.717, 1.165) is 17.1 Å². The van der Waals surface area contributed by atoms with Crippen LogP contribution in [0.5, 0.6) is 0 Å². The van der Waals surface area contributed by atoms with E-state index in [9.17, 15) is 9.59 Å². The normalized spacial score (nSPS) is 16.6. The average Bonchev–Trinajstić information content (AvgIpc) is 3.28. The van der Waals surface area contributed by atoms with E-state index in [1.54, 1.807) is 23.0 Å². The molecule has 0 aliphatic carbocycles. The van der Waals surface area contributed by atoms with Crippen LogP contribution in [-0.2, 0) is 17.9 Å². The number of rotatable bonds is 4. The van der Waals surface area contributed by atoms with Gasteiger partial charge in [-0.25, -0.2) is 14.6 Å². The van der Waals surface area contributed by atoms with E-state index in [0.29, 0.717) is 19.5 Å². The predicted octanol–water partition coefficient (Wildman–Crippen LogP) is 0.996. The fraction of sp³-hybridized carbons (Fsp3) is 0.316. The van der Waals surface area contributed by atoms with Crippen molar-refractivity contribution in [3.05, 3.63) is 60.1 Å². The Hall–Kier alpha value is -3.49. The minimum Gasteiger partial charge on any atom is -0.337 e. The van der Waals surface area contributed by atoms with Crippen LogP contribution >= 0.6 is 0 Å². The van der Waals surface area contributed by atoms with Crippen LogP contribution in [-0.4, -0.2) is 49.2 Å². The topological polar surface area (TPSA) is 97.9 Å². The molecule has 3 heterocycles. The lowest BCUT2D eigenvalue weighted by molar-refractivity contribution is -0.120. The van der Waals surface area contributed by atoms with Gasteiger partial charge in [-0.2, -0.15) is 0 Å². The molecule has 1 unspecified atom stereocenters. The van der Waals surface area contributed by atoms with Crippen LogP contribution < -0.4 is 10.2 Å². The number of carbonyl (C=O) groups is 2. The molecule has 0 saturated heterocycles. The molecule has 3 aromatic rings. The molecule has 28 heavy (non-hydrogen) atoms. The number of hydrogen-bond donors (Lipinski definition) is 1. The summed E-state index contributed by atoms with van der Waals surface area (Å²) in [6, 6.07) is 9.15. The summed E-state index contributed by atoms with van der Waals surface area (Å²) in [6.07, 6.45) is 3.71. The SMILES string of the molecule is Cc1ncn2c1N(C)C(=O)C(NC(=O)c1ncn(Cc3ccccc3)n1)CC2. The van der Waals surface area contributed by atoms with Gasteiger partial charge in [0.15, 0.2) is 0 Å². The first-order valence-corrected chi connectivity index (χ1v) is 9.06. The number of aryl methyl sites for hydroxylation is 2. The number of carbonyl (C=O) groups excluding carboxylic acids is 2. The number of imidazole rings is 1. The molecule has 2 amide bonds. The lowest BCUT2D eigenvalue weighted by Crippen LogP contribution is -2.47. The van der Waals surface area contributed by atoms with Crippen molar-refractivity contribution in [3.63, 3.8) is 0 Å².